The maximum atomic E-state index is 12.5. The van der Waals surface area contributed by atoms with Gasteiger partial charge in [0.15, 0.2) is 0 Å². The molecule has 0 bridgehead atoms. The summed E-state index contributed by atoms with van der Waals surface area (Å²) in [7, 11) is 0.232. The van der Waals surface area contributed by atoms with Crippen LogP contribution in [0.3, 0.4) is 0 Å². The Hall–Kier alpha value is -0.630. The van der Waals surface area contributed by atoms with Crippen molar-refractivity contribution in [1.82, 2.24) is 9.62 Å². The molecule has 1 aromatic carbocycles. The highest BCUT2D eigenvalue weighted by Crippen LogP contribution is 2.23. The van der Waals surface area contributed by atoms with Gasteiger partial charge in [0, 0.05) is 17.1 Å². The molecule has 0 aliphatic carbocycles. The molecule has 0 amide bonds. The van der Waals surface area contributed by atoms with Crippen LogP contribution in [0.25, 0.3) is 0 Å². The molecule has 7 heteroatoms. The number of sulfonamides is 1. The Balaban J connectivity index is 2.99. The van der Waals surface area contributed by atoms with E-state index >= 15 is 0 Å². The molecule has 0 fully saturated rings. The SMILES string of the molecule is CC(C)CC(CN(C)C)NS(=O)(=O)c1ccc(Br)cc1N. The summed E-state index contributed by atoms with van der Waals surface area (Å²) in [4.78, 5) is 2.10. The minimum atomic E-state index is -3.62. The summed E-state index contributed by atoms with van der Waals surface area (Å²) in [6, 6.07) is 4.64. The Kier molecular flexibility index (Phi) is 6.65. The predicted octanol–water partition coefficient (Wildman–Crippen LogP) is 2.29. The number of nitrogens with two attached hydrogens (primary N) is 1. The Labute approximate surface area is 136 Å². The van der Waals surface area contributed by atoms with Crippen molar-refractivity contribution in [2.24, 2.45) is 5.92 Å². The standard InChI is InChI=1S/C14H24BrN3O2S/c1-10(2)7-12(9-18(3)4)17-21(19,20)14-6-5-11(15)8-13(14)16/h5-6,8,10,12,17H,7,9,16H2,1-4H3. The number of nitrogen functional groups attached to an aromatic ring is 1. The molecule has 0 spiro atoms. The average molecular weight is 378 g/mol. The Morgan fingerprint density at radius 1 is 1.33 bits per heavy atom. The van der Waals surface area contributed by atoms with E-state index in [9.17, 15) is 8.42 Å². The molecule has 0 saturated heterocycles. The molecule has 0 aliphatic heterocycles. The normalized spacial score (nSPS) is 13.9. The largest absolute Gasteiger partial charge is 0.398 e. The zero-order valence-corrected chi connectivity index (χ0v) is 15.3. The van der Waals surface area contributed by atoms with Crippen LogP contribution in [0.5, 0.6) is 0 Å². The second-order valence-electron chi connectivity index (χ2n) is 5.89. The van der Waals surface area contributed by atoms with E-state index in [-0.39, 0.29) is 16.6 Å². The van der Waals surface area contributed by atoms with Gasteiger partial charge in [-0.25, -0.2) is 13.1 Å². The zero-order chi connectivity index (χ0) is 16.2. The Bertz CT molecular complexity index is 564. The maximum Gasteiger partial charge on any atom is 0.242 e. The van der Waals surface area contributed by atoms with Crippen LogP contribution in [0.2, 0.25) is 0 Å². The summed E-state index contributed by atoms with van der Waals surface area (Å²) >= 11 is 3.28. The molecule has 0 saturated carbocycles. The highest BCUT2D eigenvalue weighted by atomic mass is 79.9. The van der Waals surface area contributed by atoms with Crippen LogP contribution in [0.15, 0.2) is 27.6 Å². The lowest BCUT2D eigenvalue weighted by molar-refractivity contribution is 0.329. The second-order valence-corrected chi connectivity index (χ2v) is 8.49. The van der Waals surface area contributed by atoms with Crippen LogP contribution < -0.4 is 10.5 Å². The Morgan fingerprint density at radius 3 is 2.43 bits per heavy atom. The van der Waals surface area contributed by atoms with E-state index in [0.717, 1.165) is 10.9 Å². The monoisotopic (exact) mass is 377 g/mol. The summed E-state index contributed by atoms with van der Waals surface area (Å²) in [5.41, 5.74) is 6.07. The molecule has 1 unspecified atom stereocenters. The van der Waals surface area contributed by atoms with Gasteiger partial charge in [-0.1, -0.05) is 29.8 Å². The number of halogens is 1. The van der Waals surface area contributed by atoms with Gasteiger partial charge in [0.05, 0.1) is 5.69 Å². The van der Waals surface area contributed by atoms with E-state index in [1.54, 1.807) is 12.1 Å². The first-order chi connectivity index (χ1) is 9.61. The number of rotatable bonds is 7. The molecule has 5 nitrogen and oxygen atoms in total. The number of anilines is 1. The molecule has 120 valence electrons. The summed E-state index contributed by atoms with van der Waals surface area (Å²) in [6.45, 7) is 4.80. The lowest BCUT2D eigenvalue weighted by Crippen LogP contribution is -2.42. The van der Waals surface area contributed by atoms with Crippen molar-refractivity contribution in [3.8, 4) is 0 Å². The van der Waals surface area contributed by atoms with Gasteiger partial charge in [-0.2, -0.15) is 0 Å². The van der Waals surface area contributed by atoms with Gasteiger partial charge in [0.1, 0.15) is 4.90 Å². The zero-order valence-electron chi connectivity index (χ0n) is 12.9. The molecular formula is C14H24BrN3O2S. The van der Waals surface area contributed by atoms with Crippen LogP contribution >= 0.6 is 15.9 Å². The number of nitrogens with one attached hydrogen (secondary N) is 1. The molecule has 3 N–H and O–H groups in total. The third-order valence-electron chi connectivity index (χ3n) is 2.92. The van der Waals surface area contributed by atoms with Crippen LogP contribution in [-0.4, -0.2) is 40.0 Å². The molecule has 0 heterocycles. The first kappa shape index (κ1) is 18.4. The summed E-state index contributed by atoms with van der Waals surface area (Å²) in [5.74, 6) is 0.403. The molecule has 1 rings (SSSR count). The summed E-state index contributed by atoms with van der Waals surface area (Å²) < 4.78 is 28.5. The fourth-order valence-corrected chi connectivity index (χ4v) is 3.95. The minimum absolute atomic E-state index is 0.123. The van der Waals surface area contributed by atoms with E-state index in [1.165, 1.54) is 6.07 Å². The molecular weight excluding hydrogens is 354 g/mol. The van der Waals surface area contributed by atoms with Crippen LogP contribution in [0, 0.1) is 5.92 Å². The highest BCUT2D eigenvalue weighted by Gasteiger charge is 2.23. The summed E-state index contributed by atoms with van der Waals surface area (Å²) in [6.07, 6.45) is 0.772. The van der Waals surface area contributed by atoms with Crippen molar-refractivity contribution in [3.63, 3.8) is 0 Å². The topological polar surface area (TPSA) is 75.4 Å². The molecule has 1 aromatic rings. The molecule has 21 heavy (non-hydrogen) atoms. The third kappa shape index (κ3) is 5.94. The van der Waals surface area contributed by atoms with Crippen LogP contribution in [0.1, 0.15) is 20.3 Å². The quantitative estimate of drug-likeness (QED) is 0.714. The molecule has 0 radical (unpaired) electrons. The molecule has 1 atom stereocenters. The van der Waals surface area contributed by atoms with E-state index in [1.807, 2.05) is 19.0 Å². The van der Waals surface area contributed by atoms with Crippen molar-refractivity contribution < 1.29 is 8.42 Å². The van der Waals surface area contributed by atoms with Crippen LogP contribution in [0.4, 0.5) is 5.69 Å². The van der Waals surface area contributed by atoms with Gasteiger partial charge in [-0.15, -0.1) is 0 Å². The van der Waals surface area contributed by atoms with Gasteiger partial charge in [-0.3, -0.25) is 0 Å². The number of likely N-dealkylation sites (N-methyl/N-ethyl adjacent to an activating group) is 1. The van der Waals surface area contributed by atoms with Crippen molar-refractivity contribution >= 4 is 31.6 Å². The van der Waals surface area contributed by atoms with Gasteiger partial charge >= 0.3 is 0 Å². The molecule has 0 aliphatic rings. The summed E-state index contributed by atoms with van der Waals surface area (Å²) in [5, 5.41) is 0. The lowest BCUT2D eigenvalue weighted by Gasteiger charge is -2.24. The van der Waals surface area contributed by atoms with Crippen molar-refractivity contribution in [1.29, 1.82) is 0 Å². The highest BCUT2D eigenvalue weighted by molar-refractivity contribution is 9.10. The van der Waals surface area contributed by atoms with Crippen molar-refractivity contribution in [2.45, 2.75) is 31.2 Å². The maximum absolute atomic E-state index is 12.5. The number of nitrogens with zero attached hydrogens (tertiary/aromatic N) is 1. The van der Waals surface area contributed by atoms with Gasteiger partial charge in [0.2, 0.25) is 10.0 Å². The van der Waals surface area contributed by atoms with E-state index < -0.39 is 10.0 Å². The van der Waals surface area contributed by atoms with Crippen LogP contribution in [-0.2, 0) is 10.0 Å². The predicted molar refractivity (Wildman–Crippen MR) is 90.7 cm³/mol. The first-order valence-electron chi connectivity index (χ1n) is 6.84. The third-order valence-corrected chi connectivity index (χ3v) is 5.01. The second kappa shape index (κ2) is 7.58. The first-order valence-corrected chi connectivity index (χ1v) is 9.11. The Morgan fingerprint density at radius 2 is 1.95 bits per heavy atom. The van der Waals surface area contributed by atoms with E-state index in [4.69, 9.17) is 5.73 Å². The fourth-order valence-electron chi connectivity index (χ4n) is 2.22. The lowest BCUT2D eigenvalue weighted by atomic mass is 10.0. The number of hydrogen-bond donors (Lipinski definition) is 2. The van der Waals surface area contributed by atoms with E-state index in [0.29, 0.717) is 12.5 Å². The smallest absolute Gasteiger partial charge is 0.242 e. The fraction of sp³-hybridized carbons (Fsp3) is 0.571. The van der Waals surface area contributed by atoms with E-state index in [2.05, 4.69) is 34.5 Å². The van der Waals surface area contributed by atoms with Crippen molar-refractivity contribution in [3.05, 3.63) is 22.7 Å². The number of benzene rings is 1. The number of hydrogen-bond acceptors (Lipinski definition) is 4. The van der Waals surface area contributed by atoms with Gasteiger partial charge < -0.3 is 10.6 Å². The average Bonchev–Trinajstić information content (AvgIpc) is 2.24. The van der Waals surface area contributed by atoms with Crippen molar-refractivity contribution in [2.75, 3.05) is 26.4 Å². The minimum Gasteiger partial charge on any atom is -0.398 e. The van der Waals surface area contributed by atoms with Gasteiger partial charge in [-0.05, 0) is 44.6 Å². The van der Waals surface area contributed by atoms with Gasteiger partial charge in [0.25, 0.3) is 0 Å². The molecule has 0 aromatic heterocycles.